The Bertz CT molecular complexity index is 214. The molecular weight excluding hydrogens is 224 g/mol. The summed E-state index contributed by atoms with van der Waals surface area (Å²) in [6, 6.07) is 0. The molecule has 0 saturated heterocycles. The summed E-state index contributed by atoms with van der Waals surface area (Å²) in [5.74, 6) is 3.86. The molecule has 2 fully saturated rings. The molecule has 0 bridgehead atoms. The molecule has 2 rings (SSSR count). The fraction of sp³-hybridized carbons (Fsp3) is 1.00. The van der Waals surface area contributed by atoms with E-state index in [1.165, 1.54) is 38.5 Å². The maximum atomic E-state index is 2.49. The highest BCUT2D eigenvalue weighted by Gasteiger charge is 2.32. The topological polar surface area (TPSA) is 0 Å². The Morgan fingerprint density at radius 1 is 0.647 bits per heavy atom. The van der Waals surface area contributed by atoms with Gasteiger partial charge in [-0.25, -0.2) is 0 Å². The SMILES string of the molecule is CC1CCC(C)C(SC2CC(C)CCC2C)C1. The third-order valence-corrected chi connectivity index (χ3v) is 7.13. The molecular formula is C16H30S. The maximum Gasteiger partial charge on any atom is 0.00781 e. The Labute approximate surface area is 112 Å². The molecule has 100 valence electrons. The maximum absolute atomic E-state index is 2.49. The van der Waals surface area contributed by atoms with Crippen molar-refractivity contribution in [1.82, 2.24) is 0 Å². The van der Waals surface area contributed by atoms with Crippen LogP contribution in [-0.2, 0) is 0 Å². The molecule has 17 heavy (non-hydrogen) atoms. The van der Waals surface area contributed by atoms with Crippen LogP contribution in [0.1, 0.15) is 66.2 Å². The molecule has 0 nitrogen and oxygen atoms in total. The second kappa shape index (κ2) is 5.99. The molecule has 6 unspecified atom stereocenters. The largest absolute Gasteiger partial charge is 0.155 e. The van der Waals surface area contributed by atoms with Gasteiger partial charge in [-0.1, -0.05) is 40.5 Å². The first kappa shape index (κ1) is 13.8. The molecule has 0 aromatic heterocycles. The average molecular weight is 254 g/mol. The van der Waals surface area contributed by atoms with Crippen LogP contribution in [0.5, 0.6) is 0 Å². The van der Waals surface area contributed by atoms with Gasteiger partial charge in [-0.05, 0) is 49.4 Å². The van der Waals surface area contributed by atoms with E-state index in [0.717, 1.165) is 34.2 Å². The first-order chi connectivity index (χ1) is 8.06. The summed E-state index contributed by atoms with van der Waals surface area (Å²) in [5.41, 5.74) is 0. The molecule has 0 aromatic carbocycles. The molecule has 2 aliphatic rings. The Morgan fingerprint density at radius 3 is 1.47 bits per heavy atom. The second-order valence-corrected chi connectivity index (χ2v) is 8.49. The van der Waals surface area contributed by atoms with E-state index in [-0.39, 0.29) is 0 Å². The van der Waals surface area contributed by atoms with E-state index >= 15 is 0 Å². The third kappa shape index (κ3) is 3.66. The summed E-state index contributed by atoms with van der Waals surface area (Å²) >= 11 is 2.37. The normalized spacial score (nSPS) is 48.0. The standard InChI is InChI=1S/C16H30S/c1-11-5-7-13(3)15(9-11)17-16-10-12(2)6-8-14(16)4/h11-16H,5-10H2,1-4H3. The number of rotatable bonds is 2. The first-order valence-corrected chi connectivity index (χ1v) is 8.66. The lowest BCUT2D eigenvalue weighted by atomic mass is 9.83. The Hall–Kier alpha value is 0.350. The van der Waals surface area contributed by atoms with Crippen molar-refractivity contribution in [2.75, 3.05) is 0 Å². The van der Waals surface area contributed by atoms with Gasteiger partial charge in [0.25, 0.3) is 0 Å². The predicted molar refractivity (Wildman–Crippen MR) is 79.5 cm³/mol. The van der Waals surface area contributed by atoms with Crippen molar-refractivity contribution >= 4 is 11.8 Å². The van der Waals surface area contributed by atoms with Crippen LogP contribution in [0, 0.1) is 23.7 Å². The van der Waals surface area contributed by atoms with Crippen LogP contribution in [0.4, 0.5) is 0 Å². The first-order valence-electron chi connectivity index (χ1n) is 7.71. The van der Waals surface area contributed by atoms with E-state index in [2.05, 4.69) is 39.5 Å². The fourth-order valence-corrected chi connectivity index (χ4v) is 5.70. The van der Waals surface area contributed by atoms with Crippen molar-refractivity contribution in [2.45, 2.75) is 76.7 Å². The van der Waals surface area contributed by atoms with E-state index in [1.54, 1.807) is 0 Å². The minimum absolute atomic E-state index is 0.955. The average Bonchev–Trinajstić information content (AvgIpc) is 2.28. The molecule has 1 heteroatoms. The highest BCUT2D eigenvalue weighted by Crippen LogP contribution is 2.44. The third-order valence-electron chi connectivity index (χ3n) is 5.12. The summed E-state index contributed by atoms with van der Waals surface area (Å²) in [5, 5.41) is 1.91. The van der Waals surface area contributed by atoms with Gasteiger partial charge in [0.1, 0.15) is 0 Å². The molecule has 0 spiro atoms. The number of thioether (sulfide) groups is 1. The Balaban J connectivity index is 1.89. The molecule has 2 saturated carbocycles. The second-order valence-electron chi connectivity index (χ2n) is 7.00. The summed E-state index contributed by atoms with van der Waals surface area (Å²) in [6.45, 7) is 9.87. The van der Waals surface area contributed by atoms with Gasteiger partial charge in [-0.3, -0.25) is 0 Å². The molecule has 2 aliphatic carbocycles. The summed E-state index contributed by atoms with van der Waals surface area (Å²) in [7, 11) is 0. The van der Waals surface area contributed by atoms with Crippen LogP contribution in [0.2, 0.25) is 0 Å². The molecule has 0 heterocycles. The lowest BCUT2D eigenvalue weighted by Crippen LogP contribution is -2.31. The Morgan fingerprint density at radius 2 is 1.06 bits per heavy atom. The molecule has 6 atom stereocenters. The van der Waals surface area contributed by atoms with Gasteiger partial charge in [0.05, 0.1) is 0 Å². The fourth-order valence-electron chi connectivity index (χ4n) is 3.56. The highest BCUT2D eigenvalue weighted by atomic mass is 32.2. The van der Waals surface area contributed by atoms with Crippen LogP contribution in [0.25, 0.3) is 0 Å². The smallest absolute Gasteiger partial charge is 0.00781 e. The van der Waals surface area contributed by atoms with Crippen molar-refractivity contribution in [1.29, 1.82) is 0 Å². The van der Waals surface area contributed by atoms with E-state index in [9.17, 15) is 0 Å². The van der Waals surface area contributed by atoms with Gasteiger partial charge in [0.15, 0.2) is 0 Å². The molecule has 0 amide bonds. The number of hydrogen-bond acceptors (Lipinski definition) is 1. The highest BCUT2D eigenvalue weighted by molar-refractivity contribution is 8.00. The van der Waals surface area contributed by atoms with Gasteiger partial charge in [0.2, 0.25) is 0 Å². The van der Waals surface area contributed by atoms with Gasteiger partial charge in [-0.15, -0.1) is 0 Å². The lowest BCUT2D eigenvalue weighted by molar-refractivity contribution is 0.301. The van der Waals surface area contributed by atoms with E-state index in [1.807, 2.05) is 0 Å². The predicted octanol–water partition coefficient (Wildman–Crippen LogP) is 5.37. The van der Waals surface area contributed by atoms with Gasteiger partial charge in [-0.2, -0.15) is 11.8 Å². The van der Waals surface area contributed by atoms with Crippen molar-refractivity contribution < 1.29 is 0 Å². The van der Waals surface area contributed by atoms with E-state index in [4.69, 9.17) is 0 Å². The zero-order valence-electron chi connectivity index (χ0n) is 12.1. The van der Waals surface area contributed by atoms with E-state index < -0.39 is 0 Å². The summed E-state index contributed by atoms with van der Waals surface area (Å²) in [6.07, 6.45) is 8.82. The molecule has 0 N–H and O–H groups in total. The summed E-state index contributed by atoms with van der Waals surface area (Å²) < 4.78 is 0. The van der Waals surface area contributed by atoms with Crippen LogP contribution >= 0.6 is 11.8 Å². The quantitative estimate of drug-likeness (QED) is 0.638. The van der Waals surface area contributed by atoms with E-state index in [0.29, 0.717) is 0 Å². The van der Waals surface area contributed by atoms with Crippen LogP contribution in [0.3, 0.4) is 0 Å². The van der Waals surface area contributed by atoms with Crippen molar-refractivity contribution in [3.63, 3.8) is 0 Å². The number of hydrogen-bond donors (Lipinski definition) is 0. The molecule has 0 aromatic rings. The van der Waals surface area contributed by atoms with Crippen molar-refractivity contribution in [2.24, 2.45) is 23.7 Å². The summed E-state index contributed by atoms with van der Waals surface area (Å²) in [4.78, 5) is 0. The van der Waals surface area contributed by atoms with Gasteiger partial charge < -0.3 is 0 Å². The van der Waals surface area contributed by atoms with Crippen LogP contribution < -0.4 is 0 Å². The van der Waals surface area contributed by atoms with Crippen LogP contribution in [-0.4, -0.2) is 10.5 Å². The minimum Gasteiger partial charge on any atom is -0.155 e. The lowest BCUT2D eigenvalue weighted by Gasteiger charge is -2.39. The monoisotopic (exact) mass is 254 g/mol. The van der Waals surface area contributed by atoms with Gasteiger partial charge >= 0.3 is 0 Å². The van der Waals surface area contributed by atoms with Crippen LogP contribution in [0.15, 0.2) is 0 Å². The van der Waals surface area contributed by atoms with Crippen molar-refractivity contribution in [3.05, 3.63) is 0 Å². The Kier molecular flexibility index (Phi) is 4.86. The van der Waals surface area contributed by atoms with Crippen molar-refractivity contribution in [3.8, 4) is 0 Å². The molecule has 0 radical (unpaired) electrons. The van der Waals surface area contributed by atoms with Gasteiger partial charge in [0, 0.05) is 10.5 Å². The minimum atomic E-state index is 0.955. The molecule has 0 aliphatic heterocycles. The zero-order valence-corrected chi connectivity index (χ0v) is 12.9. The zero-order chi connectivity index (χ0) is 12.4.